The van der Waals surface area contributed by atoms with Crippen molar-refractivity contribution in [1.82, 2.24) is 9.88 Å². The van der Waals surface area contributed by atoms with Gasteiger partial charge in [-0.2, -0.15) is 0 Å². The van der Waals surface area contributed by atoms with Gasteiger partial charge in [-0.1, -0.05) is 25.1 Å². The van der Waals surface area contributed by atoms with E-state index in [0.717, 1.165) is 37.2 Å². The van der Waals surface area contributed by atoms with E-state index < -0.39 is 5.97 Å². The molecule has 0 N–H and O–H groups in total. The fourth-order valence-electron chi connectivity index (χ4n) is 3.81. The second-order valence-corrected chi connectivity index (χ2v) is 7.94. The van der Waals surface area contributed by atoms with Crippen molar-refractivity contribution in [2.24, 2.45) is 5.92 Å². The number of rotatable bonds is 5. The summed E-state index contributed by atoms with van der Waals surface area (Å²) in [5, 5.41) is 0.698. The maximum Gasteiger partial charge on any atom is 0.339 e. The first-order valence-electron chi connectivity index (χ1n) is 10.5. The number of piperidine rings is 1. The van der Waals surface area contributed by atoms with E-state index in [1.807, 2.05) is 48.5 Å². The van der Waals surface area contributed by atoms with E-state index in [0.29, 0.717) is 28.1 Å². The molecule has 1 aromatic heterocycles. The van der Waals surface area contributed by atoms with Gasteiger partial charge in [0.05, 0.1) is 23.9 Å². The number of pyridine rings is 1. The highest BCUT2D eigenvalue weighted by Crippen LogP contribution is 2.27. The summed E-state index contributed by atoms with van der Waals surface area (Å²) in [4.78, 5) is 31.9. The minimum absolute atomic E-state index is 0.144. The van der Waals surface area contributed by atoms with Crippen LogP contribution in [0.4, 0.5) is 0 Å². The Kier molecular flexibility index (Phi) is 6.16. The predicted molar refractivity (Wildman–Crippen MR) is 119 cm³/mol. The minimum atomic E-state index is -0.521. The minimum Gasteiger partial charge on any atom is -0.497 e. The van der Waals surface area contributed by atoms with Crippen LogP contribution in [0.15, 0.2) is 54.6 Å². The Balaban J connectivity index is 1.56. The van der Waals surface area contributed by atoms with E-state index in [-0.39, 0.29) is 12.5 Å². The lowest BCUT2D eigenvalue weighted by Gasteiger charge is -2.30. The summed E-state index contributed by atoms with van der Waals surface area (Å²) in [6.07, 6.45) is 1.97. The Morgan fingerprint density at radius 2 is 1.77 bits per heavy atom. The van der Waals surface area contributed by atoms with E-state index in [4.69, 9.17) is 14.5 Å². The van der Waals surface area contributed by atoms with Crippen molar-refractivity contribution in [1.29, 1.82) is 0 Å². The zero-order valence-electron chi connectivity index (χ0n) is 17.8. The Morgan fingerprint density at radius 3 is 2.48 bits per heavy atom. The normalized spacial score (nSPS) is 14.5. The van der Waals surface area contributed by atoms with Crippen LogP contribution in [-0.4, -0.2) is 48.6 Å². The fourth-order valence-corrected chi connectivity index (χ4v) is 3.81. The molecule has 0 unspecified atom stereocenters. The zero-order chi connectivity index (χ0) is 21.8. The lowest BCUT2D eigenvalue weighted by atomic mass is 9.99. The quantitative estimate of drug-likeness (QED) is 0.577. The predicted octanol–water partition coefficient (Wildman–Crippen LogP) is 4.33. The molecule has 1 amide bonds. The summed E-state index contributed by atoms with van der Waals surface area (Å²) in [6.45, 7) is 3.38. The maximum absolute atomic E-state index is 12.9. The van der Waals surface area contributed by atoms with Crippen molar-refractivity contribution in [3.8, 4) is 17.0 Å². The van der Waals surface area contributed by atoms with Crippen molar-refractivity contribution in [2.75, 3.05) is 26.8 Å². The van der Waals surface area contributed by atoms with Crippen LogP contribution in [0.25, 0.3) is 22.2 Å². The molecule has 0 aliphatic carbocycles. The number of carbonyl (C=O) groups excluding carboxylic acids is 2. The monoisotopic (exact) mass is 418 g/mol. The van der Waals surface area contributed by atoms with Gasteiger partial charge in [0.2, 0.25) is 0 Å². The number of aromatic nitrogens is 1. The topological polar surface area (TPSA) is 68.7 Å². The molecular weight excluding hydrogens is 392 g/mol. The molecule has 1 aliphatic heterocycles. The Labute approximate surface area is 181 Å². The highest BCUT2D eigenvalue weighted by Gasteiger charge is 2.22. The maximum atomic E-state index is 12.9. The largest absolute Gasteiger partial charge is 0.497 e. The molecule has 31 heavy (non-hydrogen) atoms. The number of ether oxygens (including phenoxy) is 2. The molecule has 4 rings (SSSR count). The van der Waals surface area contributed by atoms with Gasteiger partial charge in [-0.15, -0.1) is 0 Å². The van der Waals surface area contributed by atoms with Gasteiger partial charge in [0.25, 0.3) is 5.91 Å². The number of para-hydroxylation sites is 1. The fraction of sp³-hybridized carbons (Fsp3) is 0.320. The third-order valence-corrected chi connectivity index (χ3v) is 5.78. The number of hydrogen-bond acceptors (Lipinski definition) is 5. The van der Waals surface area contributed by atoms with Gasteiger partial charge in [0.15, 0.2) is 6.61 Å². The number of hydrogen-bond donors (Lipinski definition) is 0. The van der Waals surface area contributed by atoms with Gasteiger partial charge in [-0.25, -0.2) is 9.78 Å². The third kappa shape index (κ3) is 4.68. The number of amides is 1. The lowest BCUT2D eigenvalue weighted by Crippen LogP contribution is -2.40. The van der Waals surface area contributed by atoms with Crippen LogP contribution >= 0.6 is 0 Å². The van der Waals surface area contributed by atoms with Crippen molar-refractivity contribution in [3.63, 3.8) is 0 Å². The van der Waals surface area contributed by atoms with Crippen LogP contribution in [0.3, 0.4) is 0 Å². The Bertz CT molecular complexity index is 1090. The lowest BCUT2D eigenvalue weighted by molar-refractivity contribution is -0.135. The molecule has 6 heteroatoms. The SMILES string of the molecule is COc1ccc(-c2cc(C(=O)OCC(=O)N3CCC(C)CC3)c3ccccc3n2)cc1. The van der Waals surface area contributed by atoms with Gasteiger partial charge in [0, 0.05) is 24.0 Å². The van der Waals surface area contributed by atoms with Gasteiger partial charge in [-0.05, 0) is 55.2 Å². The molecule has 1 fully saturated rings. The molecule has 0 bridgehead atoms. The average Bonchev–Trinajstić information content (AvgIpc) is 2.82. The van der Waals surface area contributed by atoms with Crippen LogP contribution in [0.1, 0.15) is 30.1 Å². The second kappa shape index (κ2) is 9.16. The molecule has 1 aliphatic rings. The van der Waals surface area contributed by atoms with Crippen LogP contribution in [0.2, 0.25) is 0 Å². The van der Waals surface area contributed by atoms with Gasteiger partial charge in [-0.3, -0.25) is 4.79 Å². The average molecular weight is 418 g/mol. The summed E-state index contributed by atoms with van der Waals surface area (Å²) in [5.41, 5.74) is 2.61. The highest BCUT2D eigenvalue weighted by molar-refractivity contribution is 6.05. The molecule has 0 spiro atoms. The van der Waals surface area contributed by atoms with Crippen molar-refractivity contribution in [3.05, 3.63) is 60.2 Å². The number of nitrogens with zero attached hydrogens (tertiary/aromatic N) is 2. The summed E-state index contributed by atoms with van der Waals surface area (Å²) < 4.78 is 10.6. The molecule has 160 valence electrons. The molecular formula is C25H26N2O4. The molecule has 0 saturated carbocycles. The summed E-state index contributed by atoms with van der Waals surface area (Å²) in [7, 11) is 1.61. The van der Waals surface area contributed by atoms with Crippen molar-refractivity contribution < 1.29 is 19.1 Å². The van der Waals surface area contributed by atoms with Gasteiger partial charge < -0.3 is 14.4 Å². The van der Waals surface area contributed by atoms with Crippen LogP contribution in [-0.2, 0) is 9.53 Å². The first-order valence-corrected chi connectivity index (χ1v) is 10.5. The highest BCUT2D eigenvalue weighted by atomic mass is 16.5. The Hall–Kier alpha value is -3.41. The Morgan fingerprint density at radius 1 is 1.06 bits per heavy atom. The van der Waals surface area contributed by atoms with E-state index >= 15 is 0 Å². The molecule has 0 atom stereocenters. The zero-order valence-corrected chi connectivity index (χ0v) is 17.8. The first kappa shape index (κ1) is 20.8. The number of likely N-dealkylation sites (tertiary alicyclic amines) is 1. The van der Waals surface area contributed by atoms with E-state index in [2.05, 4.69) is 6.92 Å². The molecule has 1 saturated heterocycles. The first-order chi connectivity index (χ1) is 15.0. The van der Waals surface area contributed by atoms with Crippen LogP contribution in [0.5, 0.6) is 5.75 Å². The van der Waals surface area contributed by atoms with E-state index in [1.165, 1.54) is 0 Å². The van der Waals surface area contributed by atoms with E-state index in [9.17, 15) is 9.59 Å². The van der Waals surface area contributed by atoms with E-state index in [1.54, 1.807) is 18.1 Å². The molecule has 2 heterocycles. The molecule has 3 aromatic rings. The number of esters is 1. The van der Waals surface area contributed by atoms with Crippen LogP contribution in [0, 0.1) is 5.92 Å². The molecule has 0 radical (unpaired) electrons. The van der Waals surface area contributed by atoms with Crippen molar-refractivity contribution >= 4 is 22.8 Å². The number of fused-ring (bicyclic) bond motifs is 1. The number of carbonyl (C=O) groups is 2. The second-order valence-electron chi connectivity index (χ2n) is 7.94. The van der Waals surface area contributed by atoms with Gasteiger partial charge in [0.1, 0.15) is 5.75 Å². The number of benzene rings is 2. The smallest absolute Gasteiger partial charge is 0.339 e. The summed E-state index contributed by atoms with van der Waals surface area (Å²) >= 11 is 0. The summed E-state index contributed by atoms with van der Waals surface area (Å²) in [6, 6.07) is 16.6. The molecule has 6 nitrogen and oxygen atoms in total. The van der Waals surface area contributed by atoms with Gasteiger partial charge >= 0.3 is 5.97 Å². The van der Waals surface area contributed by atoms with Crippen LogP contribution < -0.4 is 4.74 Å². The number of methoxy groups -OCH3 is 1. The standard InChI is InChI=1S/C25H26N2O4/c1-17-11-13-27(14-12-17)24(28)16-31-25(29)21-15-23(18-7-9-19(30-2)10-8-18)26-22-6-4-3-5-20(21)22/h3-10,15,17H,11-14,16H2,1-2H3. The third-order valence-electron chi connectivity index (χ3n) is 5.78. The summed E-state index contributed by atoms with van der Waals surface area (Å²) in [5.74, 6) is 0.710. The molecule has 2 aromatic carbocycles. The van der Waals surface area contributed by atoms with Crippen molar-refractivity contribution in [2.45, 2.75) is 19.8 Å².